The normalized spacial score (nSPS) is 17.1. The van der Waals surface area contributed by atoms with Crippen LogP contribution in [0.4, 0.5) is 32.0 Å². The molecule has 1 fully saturated rings. The van der Waals surface area contributed by atoms with Gasteiger partial charge in [-0.15, -0.1) is 0 Å². The fourth-order valence-electron chi connectivity index (χ4n) is 3.50. The molecule has 0 saturated carbocycles. The van der Waals surface area contributed by atoms with Crippen molar-refractivity contribution < 1.29 is 26.3 Å². The summed E-state index contributed by atoms with van der Waals surface area (Å²) in [4.78, 5) is 32.4. The van der Waals surface area contributed by atoms with Gasteiger partial charge in [0.05, 0.1) is 11.3 Å². The molecule has 0 spiro atoms. The topological polar surface area (TPSA) is 99.2 Å². The molecule has 0 aliphatic carbocycles. The Morgan fingerprint density at radius 1 is 1.10 bits per heavy atom. The molecule has 4 heterocycles. The van der Waals surface area contributed by atoms with Crippen LogP contribution in [0.5, 0.6) is 0 Å². The van der Waals surface area contributed by atoms with Crippen LogP contribution in [0.25, 0.3) is 16.9 Å². The Balaban J connectivity index is 1.85. The van der Waals surface area contributed by atoms with Crippen molar-refractivity contribution in [2.75, 3.05) is 18.0 Å². The average Bonchev–Trinajstić information content (AvgIpc) is 3.27. The highest BCUT2D eigenvalue weighted by Crippen LogP contribution is 2.56. The minimum atomic E-state index is -5.50. The zero-order valence-corrected chi connectivity index (χ0v) is 14.8. The molecule has 0 atom stereocenters. The Labute approximate surface area is 162 Å². The maximum absolute atomic E-state index is 13.4. The first-order valence-electron chi connectivity index (χ1n) is 8.48. The van der Waals surface area contributed by atoms with E-state index < -0.39 is 48.5 Å². The van der Waals surface area contributed by atoms with Crippen LogP contribution in [-0.4, -0.2) is 50.0 Å². The predicted octanol–water partition coefficient (Wildman–Crippen LogP) is 2.09. The molecule has 160 valence electrons. The van der Waals surface area contributed by atoms with Crippen molar-refractivity contribution in [3.63, 3.8) is 0 Å². The molecule has 14 heteroatoms. The van der Waals surface area contributed by atoms with Gasteiger partial charge in [0, 0.05) is 31.7 Å². The fraction of sp³-hybridized carbons (Fsp3) is 0.375. The second kappa shape index (κ2) is 6.34. The monoisotopic (exact) mass is 434 g/mol. The number of imidazole rings is 1. The van der Waals surface area contributed by atoms with Gasteiger partial charge in [-0.3, -0.25) is 9.78 Å². The van der Waals surface area contributed by atoms with Crippen molar-refractivity contribution in [1.29, 1.82) is 0 Å². The Morgan fingerprint density at radius 3 is 2.40 bits per heavy atom. The molecule has 4 rings (SSSR count). The minimum Gasteiger partial charge on any atom is -0.367 e. The average molecular weight is 434 g/mol. The quantitative estimate of drug-likeness (QED) is 0.602. The highest BCUT2D eigenvalue weighted by Gasteiger charge is 2.72. The molecule has 0 amide bonds. The van der Waals surface area contributed by atoms with Gasteiger partial charge in [0.15, 0.2) is 11.1 Å². The first kappa shape index (κ1) is 20.0. The van der Waals surface area contributed by atoms with Crippen molar-refractivity contribution in [3.05, 3.63) is 45.5 Å². The van der Waals surface area contributed by atoms with E-state index in [1.165, 1.54) is 18.5 Å². The molecule has 0 bridgehead atoms. The highest BCUT2D eigenvalue weighted by molar-refractivity contribution is 5.74. The highest BCUT2D eigenvalue weighted by atomic mass is 19.4. The lowest BCUT2D eigenvalue weighted by molar-refractivity contribution is -0.332. The molecule has 3 aromatic rings. The molecule has 1 saturated heterocycles. The zero-order chi connectivity index (χ0) is 21.9. The first-order chi connectivity index (χ1) is 13.9. The number of rotatable bonds is 2. The number of aromatic nitrogens is 5. The van der Waals surface area contributed by atoms with E-state index in [2.05, 4.69) is 15.1 Å². The summed E-state index contributed by atoms with van der Waals surface area (Å²) in [5, 5.41) is 4.10. The summed E-state index contributed by atoms with van der Waals surface area (Å²) in [6.07, 6.45) is -8.53. The van der Waals surface area contributed by atoms with Gasteiger partial charge in [0.1, 0.15) is 5.69 Å². The number of alkyl halides is 6. The molecular formula is C16H12F6N6O2. The summed E-state index contributed by atoms with van der Waals surface area (Å²) in [7, 11) is 0. The Kier molecular flexibility index (Phi) is 4.22. The molecule has 1 aliphatic heterocycles. The number of fused-ring (bicyclic) bond motifs is 1. The van der Waals surface area contributed by atoms with Gasteiger partial charge in [-0.25, -0.2) is 14.3 Å². The number of nitrogens with zero attached hydrogens (tertiary/aromatic N) is 4. The van der Waals surface area contributed by atoms with E-state index in [9.17, 15) is 35.9 Å². The maximum Gasteiger partial charge on any atom is 0.404 e. The standard InChI is InChI=1S/C16H12F6N6O2/c17-15(18,19)14(16(20,21)22)1-3-27(7-14)10-5-9(26-28-4-2-23-11(10)28)8-6-24-13(30)25-12(8)29/h2,4-6H,1,3,7H2,(H2,24,25,29,30). The summed E-state index contributed by atoms with van der Waals surface area (Å²) in [6.45, 7) is -1.89. The third-order valence-corrected chi connectivity index (χ3v) is 5.13. The molecule has 1 aliphatic rings. The van der Waals surface area contributed by atoms with Crippen LogP contribution in [0.3, 0.4) is 0 Å². The van der Waals surface area contributed by atoms with Gasteiger partial charge in [0.25, 0.3) is 5.56 Å². The number of anilines is 1. The molecule has 3 aromatic heterocycles. The second-order valence-corrected chi connectivity index (χ2v) is 6.85. The van der Waals surface area contributed by atoms with E-state index in [1.54, 1.807) is 0 Å². The van der Waals surface area contributed by atoms with E-state index >= 15 is 0 Å². The maximum atomic E-state index is 13.4. The molecule has 0 aromatic carbocycles. The van der Waals surface area contributed by atoms with Crippen LogP contribution in [-0.2, 0) is 0 Å². The van der Waals surface area contributed by atoms with Gasteiger partial charge in [-0.1, -0.05) is 0 Å². The van der Waals surface area contributed by atoms with Crippen molar-refractivity contribution >= 4 is 11.3 Å². The number of nitrogens with one attached hydrogen (secondary N) is 2. The van der Waals surface area contributed by atoms with E-state index in [4.69, 9.17) is 0 Å². The Morgan fingerprint density at radius 2 is 1.80 bits per heavy atom. The largest absolute Gasteiger partial charge is 0.404 e. The van der Waals surface area contributed by atoms with E-state index in [1.807, 2.05) is 4.98 Å². The van der Waals surface area contributed by atoms with Gasteiger partial charge < -0.3 is 9.88 Å². The van der Waals surface area contributed by atoms with E-state index in [-0.39, 0.29) is 22.6 Å². The van der Waals surface area contributed by atoms with Crippen LogP contribution in [0.2, 0.25) is 0 Å². The number of halogens is 6. The van der Waals surface area contributed by atoms with Crippen molar-refractivity contribution in [1.82, 2.24) is 24.6 Å². The number of aromatic amines is 2. The summed E-state index contributed by atoms with van der Waals surface area (Å²) in [5.41, 5.74) is -5.70. The van der Waals surface area contributed by atoms with Gasteiger partial charge in [-0.2, -0.15) is 31.4 Å². The second-order valence-electron chi connectivity index (χ2n) is 6.85. The minimum absolute atomic E-state index is 0.0275. The van der Waals surface area contributed by atoms with Crippen molar-refractivity contribution in [2.24, 2.45) is 5.41 Å². The van der Waals surface area contributed by atoms with Crippen LogP contribution in [0.1, 0.15) is 6.42 Å². The third-order valence-electron chi connectivity index (χ3n) is 5.13. The molecule has 2 N–H and O–H groups in total. The van der Waals surface area contributed by atoms with Crippen LogP contribution >= 0.6 is 0 Å². The molecular weight excluding hydrogens is 422 g/mol. The van der Waals surface area contributed by atoms with Gasteiger partial charge in [-0.05, 0) is 12.5 Å². The van der Waals surface area contributed by atoms with E-state index in [0.717, 1.165) is 15.6 Å². The summed E-state index contributed by atoms with van der Waals surface area (Å²) < 4.78 is 81.7. The van der Waals surface area contributed by atoms with Crippen LogP contribution < -0.4 is 16.1 Å². The fourth-order valence-corrected chi connectivity index (χ4v) is 3.50. The van der Waals surface area contributed by atoms with Crippen LogP contribution in [0, 0.1) is 5.41 Å². The number of hydrogen-bond donors (Lipinski definition) is 2. The molecule has 30 heavy (non-hydrogen) atoms. The first-order valence-corrected chi connectivity index (χ1v) is 8.48. The van der Waals surface area contributed by atoms with Crippen molar-refractivity contribution in [3.8, 4) is 11.3 Å². The Bertz CT molecular complexity index is 1210. The predicted molar refractivity (Wildman–Crippen MR) is 91.0 cm³/mol. The van der Waals surface area contributed by atoms with Crippen LogP contribution in [0.15, 0.2) is 34.2 Å². The van der Waals surface area contributed by atoms with Gasteiger partial charge >= 0.3 is 18.0 Å². The van der Waals surface area contributed by atoms with E-state index in [0.29, 0.717) is 0 Å². The number of hydrogen-bond acceptors (Lipinski definition) is 5. The summed E-state index contributed by atoms with van der Waals surface area (Å²) in [5.74, 6) is 0. The molecule has 0 radical (unpaired) electrons. The molecule has 0 unspecified atom stereocenters. The lowest BCUT2D eigenvalue weighted by Crippen LogP contribution is -2.51. The third kappa shape index (κ3) is 2.93. The molecule has 8 nitrogen and oxygen atoms in total. The summed E-state index contributed by atoms with van der Waals surface area (Å²) >= 11 is 0. The zero-order valence-electron chi connectivity index (χ0n) is 14.8. The SMILES string of the molecule is O=c1[nH]cc(-c2cc(N3CCC(C(F)(F)F)(C(F)(F)F)C3)c3nccn3n2)c(=O)[nH]1. The number of H-pyrrole nitrogens is 2. The Hall–Kier alpha value is -3.32. The smallest absolute Gasteiger partial charge is 0.367 e. The lowest BCUT2D eigenvalue weighted by Gasteiger charge is -2.33. The van der Waals surface area contributed by atoms with Gasteiger partial charge in [0.2, 0.25) is 0 Å². The summed E-state index contributed by atoms with van der Waals surface area (Å²) in [6, 6.07) is 1.17. The van der Waals surface area contributed by atoms with Crippen molar-refractivity contribution in [2.45, 2.75) is 18.8 Å². The lowest BCUT2D eigenvalue weighted by atomic mass is 9.85.